The number of halogens is 1. The standard InChI is InChI=1S/C16H16ClN5O2/c1-18-16(23)21-6-10-3-9-4-12(17)11(5-13(9)22-10)14-7-20-15(24-2)8-19-14/h3-5,7-8,22H,6H2,1-2H3,(H2,18,21,23). The number of rotatable bonds is 4. The zero-order valence-corrected chi connectivity index (χ0v) is 13.9. The summed E-state index contributed by atoms with van der Waals surface area (Å²) in [7, 11) is 3.11. The van der Waals surface area contributed by atoms with E-state index < -0.39 is 0 Å². The second kappa shape index (κ2) is 6.76. The number of aromatic amines is 1. The lowest BCUT2D eigenvalue weighted by molar-refractivity contribution is 0.242. The summed E-state index contributed by atoms with van der Waals surface area (Å²) in [5.41, 5.74) is 3.21. The molecular weight excluding hydrogens is 330 g/mol. The highest BCUT2D eigenvalue weighted by molar-refractivity contribution is 6.34. The highest BCUT2D eigenvalue weighted by atomic mass is 35.5. The first kappa shape index (κ1) is 16.1. The van der Waals surface area contributed by atoms with Crippen molar-refractivity contribution in [3.05, 3.63) is 41.3 Å². The van der Waals surface area contributed by atoms with Crippen molar-refractivity contribution >= 4 is 28.5 Å². The Morgan fingerprint density at radius 2 is 2.12 bits per heavy atom. The van der Waals surface area contributed by atoms with Gasteiger partial charge in [-0.3, -0.25) is 0 Å². The Bertz CT molecular complexity index is 876. The first-order valence-electron chi connectivity index (χ1n) is 7.24. The number of hydrogen-bond donors (Lipinski definition) is 3. The number of methoxy groups -OCH3 is 1. The van der Waals surface area contributed by atoms with Gasteiger partial charge in [0.25, 0.3) is 0 Å². The number of H-pyrrole nitrogens is 1. The van der Waals surface area contributed by atoms with Crippen molar-refractivity contribution in [2.24, 2.45) is 0 Å². The van der Waals surface area contributed by atoms with E-state index in [-0.39, 0.29) is 6.03 Å². The van der Waals surface area contributed by atoms with Crippen LogP contribution in [0.2, 0.25) is 5.02 Å². The molecule has 0 bridgehead atoms. The highest BCUT2D eigenvalue weighted by Gasteiger charge is 2.10. The number of urea groups is 1. The third kappa shape index (κ3) is 3.26. The Labute approximate surface area is 143 Å². The van der Waals surface area contributed by atoms with E-state index >= 15 is 0 Å². The number of carbonyl (C=O) groups is 1. The van der Waals surface area contributed by atoms with Crippen LogP contribution in [0.1, 0.15) is 5.69 Å². The molecule has 0 radical (unpaired) electrons. The van der Waals surface area contributed by atoms with Gasteiger partial charge in [0.15, 0.2) is 0 Å². The molecule has 0 saturated heterocycles. The van der Waals surface area contributed by atoms with E-state index in [1.165, 1.54) is 7.11 Å². The predicted molar refractivity (Wildman–Crippen MR) is 92.2 cm³/mol. The SMILES string of the molecule is CNC(=O)NCc1cc2cc(Cl)c(-c3cnc(OC)cn3)cc2[nH]1. The summed E-state index contributed by atoms with van der Waals surface area (Å²) >= 11 is 6.38. The minimum atomic E-state index is -0.235. The molecule has 24 heavy (non-hydrogen) atoms. The van der Waals surface area contributed by atoms with Crippen LogP contribution in [-0.2, 0) is 6.54 Å². The molecule has 7 nitrogen and oxygen atoms in total. The maximum Gasteiger partial charge on any atom is 0.314 e. The van der Waals surface area contributed by atoms with Crippen LogP contribution in [0.3, 0.4) is 0 Å². The van der Waals surface area contributed by atoms with Crippen molar-refractivity contribution in [3.8, 4) is 17.1 Å². The quantitative estimate of drug-likeness (QED) is 0.678. The monoisotopic (exact) mass is 345 g/mol. The van der Waals surface area contributed by atoms with Crippen molar-refractivity contribution in [3.63, 3.8) is 0 Å². The number of ether oxygens (including phenoxy) is 1. The highest BCUT2D eigenvalue weighted by Crippen LogP contribution is 2.31. The average Bonchev–Trinajstić information content (AvgIpc) is 3.00. The molecular formula is C16H16ClN5O2. The summed E-state index contributed by atoms with van der Waals surface area (Å²) in [4.78, 5) is 23.0. The molecule has 3 N–H and O–H groups in total. The molecule has 0 unspecified atom stereocenters. The van der Waals surface area contributed by atoms with Crippen LogP contribution in [0.5, 0.6) is 5.88 Å². The van der Waals surface area contributed by atoms with E-state index in [2.05, 4.69) is 25.6 Å². The summed E-state index contributed by atoms with van der Waals surface area (Å²) in [5, 5.41) is 6.77. The van der Waals surface area contributed by atoms with Crippen molar-refractivity contribution in [2.45, 2.75) is 6.54 Å². The zero-order valence-electron chi connectivity index (χ0n) is 13.2. The second-order valence-corrected chi connectivity index (χ2v) is 5.50. The van der Waals surface area contributed by atoms with Gasteiger partial charge in [-0.1, -0.05) is 11.6 Å². The molecule has 0 spiro atoms. The number of aromatic nitrogens is 3. The minimum absolute atomic E-state index is 0.235. The Morgan fingerprint density at radius 1 is 1.29 bits per heavy atom. The number of nitrogens with one attached hydrogen (secondary N) is 3. The van der Waals surface area contributed by atoms with Gasteiger partial charge in [0.05, 0.1) is 36.8 Å². The predicted octanol–water partition coefficient (Wildman–Crippen LogP) is 2.72. The number of fused-ring (bicyclic) bond motifs is 1. The van der Waals surface area contributed by atoms with Gasteiger partial charge < -0.3 is 20.4 Å². The average molecular weight is 346 g/mol. The first-order chi connectivity index (χ1) is 11.6. The van der Waals surface area contributed by atoms with E-state index in [9.17, 15) is 4.79 Å². The summed E-state index contributed by atoms with van der Waals surface area (Å²) in [6, 6.07) is 5.48. The van der Waals surface area contributed by atoms with Gasteiger partial charge in [0.2, 0.25) is 5.88 Å². The molecule has 0 aliphatic rings. The molecule has 0 atom stereocenters. The molecule has 0 fully saturated rings. The van der Waals surface area contributed by atoms with Crippen molar-refractivity contribution in [1.82, 2.24) is 25.6 Å². The summed E-state index contributed by atoms with van der Waals surface area (Å²) in [6.45, 7) is 0.393. The van der Waals surface area contributed by atoms with Gasteiger partial charge >= 0.3 is 6.03 Å². The topological polar surface area (TPSA) is 91.9 Å². The lowest BCUT2D eigenvalue weighted by Crippen LogP contribution is -2.32. The van der Waals surface area contributed by atoms with Crippen molar-refractivity contribution in [2.75, 3.05) is 14.2 Å². The summed E-state index contributed by atoms with van der Waals surface area (Å²) in [6.07, 6.45) is 3.16. The number of carbonyl (C=O) groups excluding carboxylic acids is 1. The minimum Gasteiger partial charge on any atom is -0.480 e. The summed E-state index contributed by atoms with van der Waals surface area (Å²) in [5.74, 6) is 0.443. The number of benzene rings is 1. The Hall–Kier alpha value is -2.80. The largest absolute Gasteiger partial charge is 0.480 e. The zero-order chi connectivity index (χ0) is 17.1. The van der Waals surface area contributed by atoms with Crippen LogP contribution < -0.4 is 15.4 Å². The van der Waals surface area contributed by atoms with Gasteiger partial charge in [0.1, 0.15) is 0 Å². The number of nitrogens with zero attached hydrogens (tertiary/aromatic N) is 2. The van der Waals surface area contributed by atoms with Gasteiger partial charge in [-0.05, 0) is 18.2 Å². The van der Waals surface area contributed by atoms with E-state index in [1.54, 1.807) is 19.4 Å². The maximum absolute atomic E-state index is 11.3. The second-order valence-electron chi connectivity index (χ2n) is 5.09. The normalized spacial score (nSPS) is 10.6. The van der Waals surface area contributed by atoms with E-state index in [0.717, 1.165) is 22.2 Å². The fourth-order valence-corrected chi connectivity index (χ4v) is 2.60. The Balaban J connectivity index is 1.92. The molecule has 0 aliphatic carbocycles. The lowest BCUT2D eigenvalue weighted by Gasteiger charge is -2.05. The van der Waals surface area contributed by atoms with E-state index in [4.69, 9.17) is 16.3 Å². The lowest BCUT2D eigenvalue weighted by atomic mass is 10.1. The molecule has 2 heterocycles. The third-order valence-corrected chi connectivity index (χ3v) is 3.86. The van der Waals surface area contributed by atoms with Crippen LogP contribution in [0.15, 0.2) is 30.6 Å². The molecule has 3 aromatic rings. The summed E-state index contributed by atoms with van der Waals surface area (Å²) < 4.78 is 5.01. The van der Waals surface area contributed by atoms with Crippen LogP contribution in [0.4, 0.5) is 4.79 Å². The first-order valence-corrected chi connectivity index (χ1v) is 7.61. The molecule has 3 rings (SSSR count). The number of amides is 2. The Morgan fingerprint density at radius 3 is 2.79 bits per heavy atom. The molecule has 2 aromatic heterocycles. The molecule has 1 aromatic carbocycles. The van der Waals surface area contributed by atoms with Crippen molar-refractivity contribution < 1.29 is 9.53 Å². The van der Waals surface area contributed by atoms with E-state index in [0.29, 0.717) is 23.1 Å². The van der Waals surface area contributed by atoms with Crippen LogP contribution >= 0.6 is 11.6 Å². The van der Waals surface area contributed by atoms with Gasteiger partial charge in [-0.25, -0.2) is 14.8 Å². The van der Waals surface area contributed by atoms with Crippen LogP contribution in [-0.4, -0.2) is 35.1 Å². The van der Waals surface area contributed by atoms with Crippen molar-refractivity contribution in [1.29, 1.82) is 0 Å². The molecule has 8 heteroatoms. The van der Waals surface area contributed by atoms with Gasteiger partial charge in [-0.2, -0.15) is 0 Å². The molecule has 0 aliphatic heterocycles. The molecule has 124 valence electrons. The Kier molecular flexibility index (Phi) is 4.52. The number of hydrogen-bond acceptors (Lipinski definition) is 4. The van der Waals surface area contributed by atoms with Gasteiger partial charge in [-0.15, -0.1) is 0 Å². The van der Waals surface area contributed by atoms with E-state index in [1.807, 2.05) is 18.2 Å². The van der Waals surface area contributed by atoms with Crippen LogP contribution in [0.25, 0.3) is 22.2 Å². The molecule has 0 saturated carbocycles. The molecule has 2 amide bonds. The third-order valence-electron chi connectivity index (χ3n) is 3.54. The smallest absolute Gasteiger partial charge is 0.314 e. The fourth-order valence-electron chi connectivity index (χ4n) is 2.33. The maximum atomic E-state index is 11.3. The van der Waals surface area contributed by atoms with Gasteiger partial charge in [0, 0.05) is 29.2 Å². The van der Waals surface area contributed by atoms with Crippen LogP contribution in [0, 0.1) is 0 Å². The fraction of sp³-hybridized carbons (Fsp3) is 0.188.